The van der Waals surface area contributed by atoms with Gasteiger partial charge < -0.3 is 14.1 Å². The van der Waals surface area contributed by atoms with Gasteiger partial charge in [0.1, 0.15) is 0 Å². The lowest BCUT2D eigenvalue weighted by molar-refractivity contribution is -0.180. The number of nitrogens with zero attached hydrogens (tertiary/aromatic N) is 1. The molecule has 1 fully saturated rings. The van der Waals surface area contributed by atoms with Crippen LogP contribution in [0, 0.1) is 0 Å². The van der Waals surface area contributed by atoms with Crippen molar-refractivity contribution in [2.45, 2.75) is 77.0 Å². The van der Waals surface area contributed by atoms with Gasteiger partial charge in [-0.25, -0.2) is 0 Å². The molecule has 1 aromatic carbocycles. The molecule has 29 heavy (non-hydrogen) atoms. The zero-order chi connectivity index (χ0) is 21.4. The number of hydrogen-bond donors (Lipinski definition) is 0. The number of benzene rings is 1. The zero-order valence-corrected chi connectivity index (χ0v) is 19.7. The number of allylic oxidation sites excluding steroid dienone is 1. The normalized spacial score (nSPS) is 25.4. The predicted octanol–water partition coefficient (Wildman–Crippen LogP) is 5.08. The van der Waals surface area contributed by atoms with Gasteiger partial charge in [-0.15, -0.1) is 6.58 Å². The third-order valence-electron chi connectivity index (χ3n) is 6.74. The van der Waals surface area contributed by atoms with Crippen LogP contribution in [-0.2, 0) is 20.5 Å². The van der Waals surface area contributed by atoms with Gasteiger partial charge in [0.25, 0.3) is 5.91 Å². The molecule has 1 saturated heterocycles. The molecule has 3 rings (SSSR count). The van der Waals surface area contributed by atoms with Crippen molar-refractivity contribution in [2.24, 2.45) is 0 Å². The number of likely N-dealkylation sites (tertiary alicyclic amines) is 1. The smallest absolute Gasteiger partial charge is 0.254 e. The lowest BCUT2D eigenvalue weighted by Crippen LogP contribution is -2.70. The Morgan fingerprint density at radius 1 is 1.28 bits per heavy atom. The second kappa shape index (κ2) is 8.21. The Morgan fingerprint density at radius 3 is 2.52 bits per heavy atom. The van der Waals surface area contributed by atoms with E-state index in [-0.39, 0.29) is 23.1 Å². The maximum atomic E-state index is 13.0. The van der Waals surface area contributed by atoms with E-state index in [1.54, 1.807) is 0 Å². The quantitative estimate of drug-likeness (QED) is 0.371. The molecule has 1 aromatic rings. The first-order valence-corrected chi connectivity index (χ1v) is 13.4. The van der Waals surface area contributed by atoms with Crippen LogP contribution in [0.3, 0.4) is 0 Å². The minimum atomic E-state index is -2.04. The molecule has 1 amide bonds. The summed E-state index contributed by atoms with van der Waals surface area (Å²) in [5.41, 5.74) is 3.51. The summed E-state index contributed by atoms with van der Waals surface area (Å²) in [7, 11) is -2.04. The Balaban J connectivity index is 1.96. The van der Waals surface area contributed by atoms with Crippen molar-refractivity contribution in [3.63, 3.8) is 0 Å². The van der Waals surface area contributed by atoms with Gasteiger partial charge in [-0.2, -0.15) is 0 Å². The van der Waals surface area contributed by atoms with Crippen molar-refractivity contribution < 1.29 is 14.0 Å². The van der Waals surface area contributed by atoms with E-state index in [0.29, 0.717) is 13.2 Å². The van der Waals surface area contributed by atoms with Crippen LogP contribution >= 0.6 is 0 Å². The Labute approximate surface area is 176 Å². The molecule has 0 unspecified atom stereocenters. The highest BCUT2D eigenvalue weighted by Crippen LogP contribution is 2.43. The fourth-order valence-electron chi connectivity index (χ4n) is 3.80. The van der Waals surface area contributed by atoms with Gasteiger partial charge in [0.15, 0.2) is 14.4 Å². The topological polar surface area (TPSA) is 38.8 Å². The third-order valence-corrected chi connectivity index (χ3v) is 11.2. The van der Waals surface area contributed by atoms with E-state index in [2.05, 4.69) is 59.5 Å². The lowest BCUT2D eigenvalue weighted by atomic mass is 9.87. The molecule has 0 N–H and O–H groups in total. The van der Waals surface area contributed by atoms with Crippen LogP contribution < -0.4 is 0 Å². The molecule has 5 heteroatoms. The van der Waals surface area contributed by atoms with E-state index in [1.165, 1.54) is 11.1 Å². The van der Waals surface area contributed by atoms with Gasteiger partial charge in [0, 0.05) is 6.54 Å². The van der Waals surface area contributed by atoms with Gasteiger partial charge in [0.2, 0.25) is 0 Å². The van der Waals surface area contributed by atoms with Crippen LogP contribution in [-0.4, -0.2) is 44.0 Å². The Kier molecular flexibility index (Phi) is 6.23. The second-order valence-corrected chi connectivity index (χ2v) is 14.5. The molecule has 3 atom stereocenters. The SMILES string of the molecule is C=CCC1=C(C)[C@@H](O[Si](C)(C)C(C)(C)C)[C@H]2[C@@H](OC1)C(=O)N2Cc1ccccc1. The van der Waals surface area contributed by atoms with Gasteiger partial charge >= 0.3 is 0 Å². The highest BCUT2D eigenvalue weighted by atomic mass is 28.4. The minimum absolute atomic E-state index is 0.0651. The molecule has 0 aromatic heterocycles. The highest BCUT2D eigenvalue weighted by Gasteiger charge is 2.56. The molecule has 4 nitrogen and oxygen atoms in total. The highest BCUT2D eigenvalue weighted by molar-refractivity contribution is 6.74. The molecule has 2 aliphatic rings. The number of rotatable bonds is 6. The number of ether oxygens (including phenoxy) is 1. The number of β-lactam (4-membered cyclic amide) rings is 1. The van der Waals surface area contributed by atoms with Crippen LogP contribution in [0.15, 0.2) is 54.1 Å². The molecular formula is C24H35NO3Si. The van der Waals surface area contributed by atoms with Gasteiger partial charge in [-0.3, -0.25) is 4.79 Å². The van der Waals surface area contributed by atoms with Crippen molar-refractivity contribution in [3.8, 4) is 0 Å². The maximum Gasteiger partial charge on any atom is 0.254 e. The van der Waals surface area contributed by atoms with Crippen LogP contribution in [0.5, 0.6) is 0 Å². The second-order valence-electron chi connectivity index (χ2n) is 9.75. The standard InChI is InChI=1S/C24H35NO3Si/c1-8-12-19-16-27-22-20(21(17(19)2)28-29(6,7)24(3,4)5)25(23(22)26)15-18-13-10-9-11-14-18/h8-11,13-14,20-22H,1,12,15-16H2,2-7H3/t20-,21+,22+/m0/s1. The summed E-state index contributed by atoms with van der Waals surface area (Å²) < 4.78 is 13.0. The first kappa shape index (κ1) is 22.0. The largest absolute Gasteiger partial charge is 0.408 e. The summed E-state index contributed by atoms with van der Waals surface area (Å²) in [5, 5.41) is 0.0898. The van der Waals surface area contributed by atoms with Gasteiger partial charge in [-0.05, 0) is 48.2 Å². The molecule has 2 heterocycles. The third kappa shape index (κ3) is 4.27. The van der Waals surface area contributed by atoms with E-state index >= 15 is 0 Å². The number of carbonyl (C=O) groups excluding carboxylic acids is 1. The molecule has 0 saturated carbocycles. The molecular weight excluding hydrogens is 378 g/mol. The minimum Gasteiger partial charge on any atom is -0.408 e. The van der Waals surface area contributed by atoms with Crippen molar-refractivity contribution in [1.82, 2.24) is 4.90 Å². The maximum absolute atomic E-state index is 13.0. The van der Waals surface area contributed by atoms with Crippen LogP contribution in [0.1, 0.15) is 39.7 Å². The Hall–Kier alpha value is -1.69. The van der Waals surface area contributed by atoms with Crippen molar-refractivity contribution in [2.75, 3.05) is 6.61 Å². The number of carbonyl (C=O) groups is 1. The number of hydrogen-bond acceptors (Lipinski definition) is 3. The molecule has 158 valence electrons. The van der Waals surface area contributed by atoms with E-state index < -0.39 is 14.4 Å². The zero-order valence-electron chi connectivity index (χ0n) is 18.7. The first-order valence-electron chi connectivity index (χ1n) is 10.5. The Morgan fingerprint density at radius 2 is 1.93 bits per heavy atom. The molecule has 0 spiro atoms. The number of amides is 1. The van der Waals surface area contributed by atoms with Crippen LogP contribution in [0.2, 0.25) is 18.1 Å². The van der Waals surface area contributed by atoms with E-state index in [0.717, 1.165) is 12.0 Å². The molecule has 0 aliphatic carbocycles. The van der Waals surface area contributed by atoms with E-state index in [9.17, 15) is 4.79 Å². The predicted molar refractivity (Wildman–Crippen MR) is 120 cm³/mol. The summed E-state index contributed by atoms with van der Waals surface area (Å²) in [6.45, 7) is 18.4. The van der Waals surface area contributed by atoms with Crippen LogP contribution in [0.4, 0.5) is 0 Å². The Bertz CT molecular complexity index is 794. The first-order chi connectivity index (χ1) is 13.6. The molecule has 2 aliphatic heterocycles. The van der Waals surface area contributed by atoms with Crippen molar-refractivity contribution >= 4 is 14.2 Å². The lowest BCUT2D eigenvalue weighted by Gasteiger charge is -2.51. The van der Waals surface area contributed by atoms with E-state index in [4.69, 9.17) is 9.16 Å². The monoisotopic (exact) mass is 413 g/mol. The van der Waals surface area contributed by atoms with Gasteiger partial charge in [0.05, 0.1) is 18.8 Å². The van der Waals surface area contributed by atoms with Crippen molar-refractivity contribution in [1.29, 1.82) is 0 Å². The molecule has 0 bridgehead atoms. The average Bonchev–Trinajstić information content (AvgIpc) is 2.76. The fraction of sp³-hybridized carbons (Fsp3) is 0.542. The summed E-state index contributed by atoms with van der Waals surface area (Å²) >= 11 is 0. The van der Waals surface area contributed by atoms with Crippen molar-refractivity contribution in [3.05, 3.63) is 59.7 Å². The summed E-state index contributed by atoms with van der Waals surface area (Å²) in [6, 6.07) is 10.1. The van der Waals surface area contributed by atoms with E-state index in [1.807, 2.05) is 29.2 Å². The summed E-state index contributed by atoms with van der Waals surface area (Å²) in [4.78, 5) is 14.9. The van der Waals surface area contributed by atoms with Gasteiger partial charge in [-0.1, -0.05) is 57.2 Å². The fourth-order valence-corrected chi connectivity index (χ4v) is 5.11. The molecule has 0 radical (unpaired) electrons. The summed E-state index contributed by atoms with van der Waals surface area (Å²) in [6.07, 6.45) is 2.10. The average molecular weight is 414 g/mol. The van der Waals surface area contributed by atoms with Crippen LogP contribution in [0.25, 0.3) is 0 Å². The summed E-state index contributed by atoms with van der Waals surface area (Å²) in [5.74, 6) is 0.0651. The number of fused-ring (bicyclic) bond motifs is 1.